The first-order valence-corrected chi connectivity index (χ1v) is 8.54. The minimum absolute atomic E-state index is 0.0336. The molecule has 4 rings (SSSR count). The summed E-state index contributed by atoms with van der Waals surface area (Å²) in [7, 11) is 0. The molecule has 0 spiro atoms. The van der Waals surface area contributed by atoms with Gasteiger partial charge in [-0.1, -0.05) is 5.21 Å². The average Bonchev–Trinajstić information content (AvgIpc) is 3.28. The van der Waals surface area contributed by atoms with Crippen LogP contribution in [-0.2, 0) is 4.74 Å². The quantitative estimate of drug-likeness (QED) is 0.541. The molecule has 0 radical (unpaired) electrons. The molecule has 1 fully saturated rings. The maximum Gasteiger partial charge on any atom is 0.330 e. The molecule has 1 aliphatic rings. The Kier molecular flexibility index (Phi) is 4.82. The third-order valence-electron chi connectivity index (χ3n) is 4.54. The fourth-order valence-electron chi connectivity index (χ4n) is 3.12. The SMILES string of the molecule is O=c1[nH]c(=O)n([C@H]2C[C@H](O)[C@@H](CO)O2)cc1-c1cn(-c2cc(F)cc(F)c2)nn1. The first-order valence-electron chi connectivity index (χ1n) is 8.54. The Morgan fingerprint density at radius 1 is 1.21 bits per heavy atom. The van der Waals surface area contributed by atoms with Crippen LogP contribution in [0.5, 0.6) is 0 Å². The first-order chi connectivity index (χ1) is 13.9. The molecular weight excluding hydrogens is 392 g/mol. The molecule has 29 heavy (non-hydrogen) atoms. The van der Waals surface area contributed by atoms with Crippen molar-refractivity contribution in [2.24, 2.45) is 0 Å². The number of nitrogens with zero attached hydrogens (tertiary/aromatic N) is 4. The number of aliphatic hydroxyl groups is 2. The number of aliphatic hydroxyl groups excluding tert-OH is 2. The van der Waals surface area contributed by atoms with Gasteiger partial charge < -0.3 is 14.9 Å². The van der Waals surface area contributed by atoms with Crippen molar-refractivity contribution in [1.29, 1.82) is 0 Å². The lowest BCUT2D eigenvalue weighted by atomic mass is 10.2. The van der Waals surface area contributed by atoms with E-state index in [1.54, 1.807) is 0 Å². The third-order valence-corrected chi connectivity index (χ3v) is 4.54. The smallest absolute Gasteiger partial charge is 0.330 e. The van der Waals surface area contributed by atoms with Gasteiger partial charge in [-0.05, 0) is 12.1 Å². The molecule has 0 unspecified atom stereocenters. The maximum atomic E-state index is 13.4. The van der Waals surface area contributed by atoms with Crippen LogP contribution in [0.25, 0.3) is 16.9 Å². The van der Waals surface area contributed by atoms with E-state index < -0.39 is 47.9 Å². The second-order valence-corrected chi connectivity index (χ2v) is 6.50. The summed E-state index contributed by atoms with van der Waals surface area (Å²) >= 11 is 0. The van der Waals surface area contributed by atoms with Crippen LogP contribution in [0.3, 0.4) is 0 Å². The summed E-state index contributed by atoms with van der Waals surface area (Å²) in [5, 5.41) is 26.7. The topological polar surface area (TPSA) is 135 Å². The van der Waals surface area contributed by atoms with Crippen LogP contribution >= 0.6 is 0 Å². The van der Waals surface area contributed by atoms with E-state index in [-0.39, 0.29) is 23.4 Å². The van der Waals surface area contributed by atoms with Gasteiger partial charge in [-0.3, -0.25) is 14.3 Å². The second-order valence-electron chi connectivity index (χ2n) is 6.50. The van der Waals surface area contributed by atoms with Gasteiger partial charge in [0.15, 0.2) is 0 Å². The Morgan fingerprint density at radius 3 is 2.59 bits per heavy atom. The van der Waals surface area contributed by atoms with Crippen molar-refractivity contribution in [2.45, 2.75) is 24.9 Å². The second kappa shape index (κ2) is 7.31. The number of nitrogens with one attached hydrogen (secondary N) is 1. The largest absolute Gasteiger partial charge is 0.394 e. The Balaban J connectivity index is 1.72. The highest BCUT2D eigenvalue weighted by Crippen LogP contribution is 2.28. The predicted octanol–water partition coefficient (Wildman–Crippen LogP) is -0.297. The number of rotatable bonds is 4. The minimum Gasteiger partial charge on any atom is -0.394 e. The fraction of sp³-hybridized carbons (Fsp3) is 0.294. The highest BCUT2D eigenvalue weighted by molar-refractivity contribution is 5.55. The molecule has 2 aromatic heterocycles. The summed E-state index contributed by atoms with van der Waals surface area (Å²) in [6.07, 6.45) is -0.237. The lowest BCUT2D eigenvalue weighted by Crippen LogP contribution is -2.33. The molecule has 3 aromatic rings. The van der Waals surface area contributed by atoms with Crippen LogP contribution in [0.4, 0.5) is 8.78 Å². The fourth-order valence-corrected chi connectivity index (χ4v) is 3.12. The molecule has 0 amide bonds. The summed E-state index contributed by atoms with van der Waals surface area (Å²) < 4.78 is 34.4. The number of hydrogen-bond acceptors (Lipinski definition) is 7. The molecule has 3 heterocycles. The van der Waals surface area contributed by atoms with E-state index in [9.17, 15) is 28.6 Å². The molecule has 1 aromatic carbocycles. The summed E-state index contributed by atoms with van der Waals surface area (Å²) in [6, 6.07) is 2.78. The van der Waals surface area contributed by atoms with Crippen LogP contribution in [-0.4, -0.2) is 53.6 Å². The molecule has 12 heteroatoms. The average molecular weight is 407 g/mol. The van der Waals surface area contributed by atoms with Crippen molar-refractivity contribution in [1.82, 2.24) is 24.5 Å². The van der Waals surface area contributed by atoms with Crippen LogP contribution in [0.15, 0.2) is 40.2 Å². The van der Waals surface area contributed by atoms with E-state index in [1.807, 2.05) is 0 Å². The van der Waals surface area contributed by atoms with E-state index in [2.05, 4.69) is 15.3 Å². The van der Waals surface area contributed by atoms with Crippen LogP contribution < -0.4 is 11.2 Å². The molecule has 0 aliphatic carbocycles. The molecule has 3 atom stereocenters. The van der Waals surface area contributed by atoms with E-state index in [4.69, 9.17) is 4.74 Å². The molecular formula is C17H15F2N5O5. The van der Waals surface area contributed by atoms with Crippen LogP contribution in [0.2, 0.25) is 0 Å². The number of halogens is 2. The Labute approximate surface area is 160 Å². The number of ether oxygens (including phenoxy) is 1. The zero-order valence-electron chi connectivity index (χ0n) is 14.7. The van der Waals surface area contributed by atoms with Gasteiger partial charge in [0, 0.05) is 18.7 Å². The van der Waals surface area contributed by atoms with E-state index >= 15 is 0 Å². The van der Waals surface area contributed by atoms with Gasteiger partial charge in [-0.25, -0.2) is 18.3 Å². The van der Waals surface area contributed by atoms with Crippen molar-refractivity contribution in [3.8, 4) is 16.9 Å². The zero-order chi connectivity index (χ0) is 20.7. The zero-order valence-corrected chi connectivity index (χ0v) is 14.7. The molecule has 1 aliphatic heterocycles. The van der Waals surface area contributed by atoms with E-state index in [1.165, 1.54) is 12.4 Å². The van der Waals surface area contributed by atoms with Crippen molar-refractivity contribution >= 4 is 0 Å². The van der Waals surface area contributed by atoms with E-state index in [0.717, 1.165) is 21.4 Å². The lowest BCUT2D eigenvalue weighted by Gasteiger charge is -2.14. The summed E-state index contributed by atoms with van der Waals surface area (Å²) in [5.74, 6) is -1.61. The van der Waals surface area contributed by atoms with Crippen molar-refractivity contribution in [2.75, 3.05) is 6.61 Å². The number of aromatic amines is 1. The number of aromatic nitrogens is 5. The lowest BCUT2D eigenvalue weighted by molar-refractivity contribution is -0.0458. The minimum atomic E-state index is -0.976. The van der Waals surface area contributed by atoms with Gasteiger partial charge in [0.25, 0.3) is 5.56 Å². The van der Waals surface area contributed by atoms with E-state index in [0.29, 0.717) is 6.07 Å². The summed E-state index contributed by atoms with van der Waals surface area (Å²) in [4.78, 5) is 26.6. The molecule has 3 N–H and O–H groups in total. The predicted molar refractivity (Wildman–Crippen MR) is 93.2 cm³/mol. The van der Waals surface area contributed by atoms with Gasteiger partial charge in [-0.15, -0.1) is 5.10 Å². The Hall–Kier alpha value is -3.22. The third kappa shape index (κ3) is 3.60. The summed E-state index contributed by atoms with van der Waals surface area (Å²) in [5.41, 5.74) is -1.46. The normalized spacial score (nSPS) is 21.6. The van der Waals surface area contributed by atoms with Gasteiger partial charge in [0.1, 0.15) is 29.7 Å². The number of benzene rings is 1. The summed E-state index contributed by atoms with van der Waals surface area (Å²) in [6.45, 7) is -0.429. The molecule has 0 bridgehead atoms. The maximum absolute atomic E-state index is 13.4. The Morgan fingerprint density at radius 2 is 1.93 bits per heavy atom. The van der Waals surface area contributed by atoms with Crippen LogP contribution in [0.1, 0.15) is 12.6 Å². The van der Waals surface area contributed by atoms with Crippen LogP contribution in [0, 0.1) is 11.6 Å². The highest BCUT2D eigenvalue weighted by Gasteiger charge is 2.35. The molecule has 0 saturated carbocycles. The monoisotopic (exact) mass is 407 g/mol. The molecule has 10 nitrogen and oxygen atoms in total. The first kappa shape index (κ1) is 19.1. The van der Waals surface area contributed by atoms with Crippen molar-refractivity contribution in [3.05, 3.63) is 63.1 Å². The highest BCUT2D eigenvalue weighted by atomic mass is 19.1. The molecule has 1 saturated heterocycles. The van der Waals surface area contributed by atoms with Gasteiger partial charge in [0.2, 0.25) is 0 Å². The molecule has 152 valence electrons. The van der Waals surface area contributed by atoms with Gasteiger partial charge >= 0.3 is 5.69 Å². The van der Waals surface area contributed by atoms with Crippen molar-refractivity contribution in [3.63, 3.8) is 0 Å². The van der Waals surface area contributed by atoms with Crippen molar-refractivity contribution < 1.29 is 23.7 Å². The Bertz CT molecular complexity index is 1150. The van der Waals surface area contributed by atoms with Gasteiger partial charge in [0.05, 0.1) is 30.2 Å². The number of H-pyrrole nitrogens is 1. The number of hydrogen-bond donors (Lipinski definition) is 3. The standard InChI is InChI=1S/C17H15F2N5O5/c18-8-1-9(19)3-10(2-8)24-6-12(21-22-24)11-5-23(17(28)20-16(11)27)15-4-13(26)14(7-25)29-15/h1-3,5-6,13-15,25-26H,4,7H2,(H,20,27,28)/t13-,14+,15+/m0/s1. The van der Waals surface area contributed by atoms with Gasteiger partial charge in [-0.2, -0.15) is 0 Å².